The van der Waals surface area contributed by atoms with Crippen LogP contribution in [-0.2, 0) is 4.79 Å². The minimum absolute atomic E-state index is 0.0407. The van der Waals surface area contributed by atoms with Crippen LogP contribution in [0.25, 0.3) is 10.8 Å². The third kappa shape index (κ3) is 2.54. The van der Waals surface area contributed by atoms with Crippen molar-refractivity contribution in [3.8, 4) is 5.75 Å². The van der Waals surface area contributed by atoms with E-state index in [1.54, 1.807) is 7.11 Å². The zero-order valence-electron chi connectivity index (χ0n) is 15.3. The Morgan fingerprint density at radius 1 is 0.963 bits per heavy atom. The quantitative estimate of drug-likeness (QED) is 0.668. The fraction of sp³-hybridized carbons (Fsp3) is 0.208. The highest BCUT2D eigenvalue weighted by Gasteiger charge is 2.35. The zero-order valence-corrected chi connectivity index (χ0v) is 15.3. The van der Waals surface area contributed by atoms with E-state index < -0.39 is 0 Å². The van der Waals surface area contributed by atoms with Crippen molar-refractivity contribution in [3.05, 3.63) is 83.1 Å². The minimum atomic E-state index is -0.0407. The van der Waals surface area contributed by atoms with E-state index in [9.17, 15) is 4.79 Å². The summed E-state index contributed by atoms with van der Waals surface area (Å²) in [6, 6.07) is 20.9. The van der Waals surface area contributed by atoms with Crippen LogP contribution in [0.3, 0.4) is 0 Å². The molecule has 0 amide bonds. The Kier molecular flexibility index (Phi) is 3.75. The summed E-state index contributed by atoms with van der Waals surface area (Å²) in [5.74, 6) is 1.05. The number of nitrogens with one attached hydrogen (secondary N) is 1. The lowest BCUT2D eigenvalue weighted by atomic mass is 9.74. The standard InChI is InChI=1S/C24H21NO2/c1-27-17-12-9-16(10-13-17)22-23-18-6-3-2-5-15(18)11-14-20(23)25-19-7-4-8-21(26)24(19)22/h2-3,5-6,9-14,22,25H,4,7-8H2,1H3/t22-/m1/s1. The van der Waals surface area contributed by atoms with E-state index in [1.165, 1.54) is 16.3 Å². The van der Waals surface area contributed by atoms with E-state index >= 15 is 0 Å². The molecule has 0 fully saturated rings. The summed E-state index contributed by atoms with van der Waals surface area (Å²) in [5.41, 5.74) is 5.48. The van der Waals surface area contributed by atoms with Gasteiger partial charge in [-0.2, -0.15) is 0 Å². The van der Waals surface area contributed by atoms with E-state index in [0.29, 0.717) is 6.42 Å². The number of Topliss-reactive ketones (excluding diaryl/α,β-unsaturated/α-hetero) is 1. The van der Waals surface area contributed by atoms with Crippen molar-refractivity contribution in [2.45, 2.75) is 25.2 Å². The number of methoxy groups -OCH3 is 1. The number of rotatable bonds is 2. The highest BCUT2D eigenvalue weighted by molar-refractivity contribution is 6.04. The van der Waals surface area contributed by atoms with Gasteiger partial charge in [0.25, 0.3) is 0 Å². The monoisotopic (exact) mass is 355 g/mol. The molecule has 0 radical (unpaired) electrons. The molecule has 2 aliphatic rings. The van der Waals surface area contributed by atoms with Gasteiger partial charge in [-0.3, -0.25) is 4.79 Å². The molecule has 1 aliphatic heterocycles. The van der Waals surface area contributed by atoms with E-state index in [0.717, 1.165) is 41.1 Å². The largest absolute Gasteiger partial charge is 0.497 e. The van der Waals surface area contributed by atoms with Crippen LogP contribution < -0.4 is 10.1 Å². The Balaban J connectivity index is 1.79. The summed E-state index contributed by atoms with van der Waals surface area (Å²) in [5, 5.41) is 5.98. The molecule has 0 saturated carbocycles. The van der Waals surface area contributed by atoms with Gasteiger partial charge in [-0.05, 0) is 52.9 Å². The summed E-state index contributed by atoms with van der Waals surface area (Å²) in [4.78, 5) is 13.0. The average Bonchev–Trinajstić information content (AvgIpc) is 2.72. The number of carbonyl (C=O) groups is 1. The highest BCUT2D eigenvalue weighted by atomic mass is 16.5. The van der Waals surface area contributed by atoms with Gasteiger partial charge in [0.05, 0.1) is 7.11 Å². The molecular formula is C24H21NO2. The number of benzene rings is 3. The van der Waals surface area contributed by atoms with Crippen molar-refractivity contribution < 1.29 is 9.53 Å². The Morgan fingerprint density at radius 3 is 2.59 bits per heavy atom. The molecule has 0 unspecified atom stereocenters. The Hall–Kier alpha value is -3.07. The third-order valence-electron chi connectivity index (χ3n) is 5.74. The average molecular weight is 355 g/mol. The lowest BCUT2D eigenvalue weighted by Crippen LogP contribution is -2.27. The third-order valence-corrected chi connectivity index (χ3v) is 5.74. The van der Waals surface area contributed by atoms with Crippen LogP contribution >= 0.6 is 0 Å². The van der Waals surface area contributed by atoms with Gasteiger partial charge < -0.3 is 10.1 Å². The number of fused-ring (bicyclic) bond motifs is 3. The molecule has 0 bridgehead atoms. The molecule has 1 heterocycles. The van der Waals surface area contributed by atoms with E-state index in [2.05, 4.69) is 53.8 Å². The molecule has 3 heteroatoms. The number of ether oxygens (including phenoxy) is 1. The second-order valence-corrected chi connectivity index (χ2v) is 7.25. The van der Waals surface area contributed by atoms with Crippen LogP contribution in [0, 0.1) is 0 Å². The first-order chi connectivity index (χ1) is 13.3. The first-order valence-electron chi connectivity index (χ1n) is 9.45. The molecule has 3 aromatic carbocycles. The number of ketones is 1. The number of hydrogen-bond donors (Lipinski definition) is 1. The maximum Gasteiger partial charge on any atom is 0.161 e. The summed E-state index contributed by atoms with van der Waals surface area (Å²) in [6.45, 7) is 0. The molecule has 134 valence electrons. The van der Waals surface area contributed by atoms with E-state index in [1.807, 2.05) is 12.1 Å². The summed E-state index contributed by atoms with van der Waals surface area (Å²) in [7, 11) is 1.67. The van der Waals surface area contributed by atoms with Crippen LogP contribution in [-0.4, -0.2) is 12.9 Å². The molecule has 0 saturated heterocycles. The summed E-state index contributed by atoms with van der Waals surface area (Å²) >= 11 is 0. The van der Waals surface area contributed by atoms with Crippen molar-refractivity contribution in [1.82, 2.24) is 0 Å². The SMILES string of the molecule is COc1ccc([C@H]2C3=C(CCCC3=O)Nc3ccc4ccccc4c32)cc1. The normalized spacial score (nSPS) is 18.7. The van der Waals surface area contributed by atoms with Crippen molar-refractivity contribution >= 4 is 22.2 Å². The number of anilines is 1. The van der Waals surface area contributed by atoms with Crippen molar-refractivity contribution in [1.29, 1.82) is 0 Å². The topological polar surface area (TPSA) is 38.3 Å². The number of allylic oxidation sites excluding steroid dienone is 2. The Labute approximate surface area is 158 Å². The number of carbonyl (C=O) groups excluding carboxylic acids is 1. The summed E-state index contributed by atoms with van der Waals surface area (Å²) in [6.07, 6.45) is 2.48. The van der Waals surface area contributed by atoms with Gasteiger partial charge in [0, 0.05) is 29.3 Å². The molecule has 3 nitrogen and oxygen atoms in total. The zero-order chi connectivity index (χ0) is 18.4. The van der Waals surface area contributed by atoms with E-state index in [-0.39, 0.29) is 11.7 Å². The minimum Gasteiger partial charge on any atom is -0.497 e. The van der Waals surface area contributed by atoms with Crippen molar-refractivity contribution in [2.24, 2.45) is 0 Å². The van der Waals surface area contributed by atoms with Crippen LogP contribution in [0.5, 0.6) is 5.75 Å². The van der Waals surface area contributed by atoms with Crippen LogP contribution in [0.15, 0.2) is 71.9 Å². The molecule has 0 spiro atoms. The molecule has 0 aromatic heterocycles. The fourth-order valence-electron chi connectivity index (χ4n) is 4.48. The predicted molar refractivity (Wildman–Crippen MR) is 108 cm³/mol. The molecule has 3 aromatic rings. The highest BCUT2D eigenvalue weighted by Crippen LogP contribution is 2.48. The van der Waals surface area contributed by atoms with Gasteiger partial charge in [-0.25, -0.2) is 0 Å². The molecular weight excluding hydrogens is 334 g/mol. The molecule has 1 N–H and O–H groups in total. The molecule has 1 atom stereocenters. The summed E-state index contributed by atoms with van der Waals surface area (Å²) < 4.78 is 5.33. The lowest BCUT2D eigenvalue weighted by Gasteiger charge is -2.35. The predicted octanol–water partition coefficient (Wildman–Crippen LogP) is 5.41. The maximum atomic E-state index is 13.0. The number of hydrogen-bond acceptors (Lipinski definition) is 3. The van der Waals surface area contributed by atoms with Crippen LogP contribution in [0.2, 0.25) is 0 Å². The smallest absolute Gasteiger partial charge is 0.161 e. The first kappa shape index (κ1) is 16.1. The second-order valence-electron chi connectivity index (χ2n) is 7.25. The van der Waals surface area contributed by atoms with Crippen LogP contribution in [0.1, 0.15) is 36.3 Å². The fourth-order valence-corrected chi connectivity index (χ4v) is 4.48. The molecule has 27 heavy (non-hydrogen) atoms. The van der Waals surface area contributed by atoms with Gasteiger partial charge in [-0.1, -0.05) is 42.5 Å². The second kappa shape index (κ2) is 6.27. The van der Waals surface area contributed by atoms with Crippen LogP contribution in [0.4, 0.5) is 5.69 Å². The van der Waals surface area contributed by atoms with Crippen molar-refractivity contribution in [2.75, 3.05) is 12.4 Å². The Bertz CT molecular complexity index is 1080. The van der Waals surface area contributed by atoms with Gasteiger partial charge >= 0.3 is 0 Å². The van der Waals surface area contributed by atoms with Gasteiger partial charge in [0.15, 0.2) is 5.78 Å². The van der Waals surface area contributed by atoms with Crippen molar-refractivity contribution in [3.63, 3.8) is 0 Å². The van der Waals surface area contributed by atoms with Gasteiger partial charge in [0.2, 0.25) is 0 Å². The van der Waals surface area contributed by atoms with Gasteiger partial charge in [0.1, 0.15) is 5.75 Å². The molecule has 5 rings (SSSR count). The molecule has 1 aliphatic carbocycles. The Morgan fingerprint density at radius 2 is 1.78 bits per heavy atom. The lowest BCUT2D eigenvalue weighted by molar-refractivity contribution is -0.116. The first-order valence-corrected chi connectivity index (χ1v) is 9.45. The van der Waals surface area contributed by atoms with Gasteiger partial charge in [-0.15, -0.1) is 0 Å². The van der Waals surface area contributed by atoms with E-state index in [4.69, 9.17) is 4.74 Å². The maximum absolute atomic E-state index is 13.0.